The molecule has 1 N–H and O–H groups in total. The fourth-order valence-electron chi connectivity index (χ4n) is 3.10. The zero-order valence-corrected chi connectivity index (χ0v) is 18.9. The number of hydrogen-bond donors (Lipinski definition) is 1. The Labute approximate surface area is 187 Å². The van der Waals surface area contributed by atoms with E-state index in [1.807, 2.05) is 45.0 Å². The summed E-state index contributed by atoms with van der Waals surface area (Å²) < 4.78 is 19.5. The van der Waals surface area contributed by atoms with Crippen molar-refractivity contribution < 1.29 is 18.7 Å². The summed E-state index contributed by atoms with van der Waals surface area (Å²) in [5.41, 5.74) is 3.03. The maximum atomic E-state index is 14.1. The second-order valence-corrected chi connectivity index (χ2v) is 8.67. The molecule has 0 saturated heterocycles. The molecule has 0 heterocycles. The number of nitrogens with zero attached hydrogens (tertiary/aromatic N) is 1. The summed E-state index contributed by atoms with van der Waals surface area (Å²) in [6, 6.07) is 18.8. The highest BCUT2D eigenvalue weighted by molar-refractivity contribution is 6.04. The molecule has 3 aromatic rings. The number of ether oxygens (including phenoxy) is 1. The average molecular weight is 435 g/mol. The molecule has 0 radical (unpaired) electrons. The van der Waals surface area contributed by atoms with Gasteiger partial charge < -0.3 is 15.0 Å². The van der Waals surface area contributed by atoms with Crippen molar-refractivity contribution in [2.45, 2.75) is 26.4 Å². The number of hydrogen-bond acceptors (Lipinski definition) is 4. The van der Waals surface area contributed by atoms with Gasteiger partial charge in [0.05, 0.1) is 11.3 Å². The molecule has 1 amide bonds. The van der Waals surface area contributed by atoms with Gasteiger partial charge in [0.15, 0.2) is 0 Å². The van der Waals surface area contributed by atoms with Crippen LogP contribution in [0.5, 0.6) is 0 Å². The maximum Gasteiger partial charge on any atom is 0.338 e. The van der Waals surface area contributed by atoms with Crippen LogP contribution in [0, 0.1) is 5.82 Å². The van der Waals surface area contributed by atoms with Gasteiger partial charge in [-0.05, 0) is 74.4 Å². The standard InChI is InChI=1S/C26H27FN2O3/c1-26(2,3)32-25(31)20-12-8-18(9-13-20)17-6-10-19(11-7-17)24(30)28-21-14-15-23(29(4)5)22(27)16-21/h6-16H,1-5H3,(H,28,30). The number of anilines is 2. The van der Waals surface area contributed by atoms with Crippen LogP contribution in [0.3, 0.4) is 0 Å². The Kier molecular flexibility index (Phi) is 6.63. The fourth-order valence-corrected chi connectivity index (χ4v) is 3.10. The zero-order chi connectivity index (χ0) is 23.5. The van der Waals surface area contributed by atoms with Crippen molar-refractivity contribution in [1.29, 1.82) is 0 Å². The highest BCUT2D eigenvalue weighted by atomic mass is 19.1. The molecule has 0 bridgehead atoms. The lowest BCUT2D eigenvalue weighted by Gasteiger charge is -2.19. The number of nitrogens with one attached hydrogen (secondary N) is 1. The first-order valence-electron chi connectivity index (χ1n) is 10.3. The molecule has 0 aliphatic rings. The number of benzene rings is 3. The van der Waals surface area contributed by atoms with Crippen LogP contribution in [0.15, 0.2) is 66.7 Å². The first-order chi connectivity index (χ1) is 15.0. The highest BCUT2D eigenvalue weighted by Gasteiger charge is 2.17. The number of esters is 1. The van der Waals surface area contributed by atoms with E-state index in [4.69, 9.17) is 4.74 Å². The lowest BCUT2D eigenvalue weighted by Crippen LogP contribution is -2.23. The molecular weight excluding hydrogens is 407 g/mol. The predicted molar refractivity (Wildman–Crippen MR) is 126 cm³/mol. The molecule has 0 saturated carbocycles. The molecule has 0 aliphatic heterocycles. The first-order valence-corrected chi connectivity index (χ1v) is 10.3. The number of halogens is 1. The van der Waals surface area contributed by atoms with E-state index in [1.54, 1.807) is 55.4 Å². The van der Waals surface area contributed by atoms with Crippen LogP contribution < -0.4 is 10.2 Å². The van der Waals surface area contributed by atoms with Gasteiger partial charge in [-0.25, -0.2) is 9.18 Å². The Bertz CT molecular complexity index is 1120. The van der Waals surface area contributed by atoms with Crippen molar-refractivity contribution in [2.75, 3.05) is 24.3 Å². The quantitative estimate of drug-likeness (QED) is 0.518. The summed E-state index contributed by atoms with van der Waals surface area (Å²) in [7, 11) is 3.51. The summed E-state index contributed by atoms with van der Waals surface area (Å²) in [6.45, 7) is 5.48. The van der Waals surface area contributed by atoms with Crippen molar-refractivity contribution in [1.82, 2.24) is 0 Å². The molecule has 32 heavy (non-hydrogen) atoms. The summed E-state index contributed by atoms with van der Waals surface area (Å²) >= 11 is 0. The number of amides is 1. The topological polar surface area (TPSA) is 58.6 Å². The molecule has 0 unspecified atom stereocenters. The minimum atomic E-state index is -0.549. The normalized spacial score (nSPS) is 11.1. The summed E-state index contributed by atoms with van der Waals surface area (Å²) in [5.74, 6) is -1.10. The Morgan fingerprint density at radius 1 is 0.844 bits per heavy atom. The molecule has 6 heteroatoms. The van der Waals surface area contributed by atoms with E-state index < -0.39 is 11.4 Å². The predicted octanol–water partition coefficient (Wildman–Crippen LogP) is 5.77. The van der Waals surface area contributed by atoms with E-state index in [0.29, 0.717) is 22.5 Å². The molecule has 0 aromatic heterocycles. The minimum absolute atomic E-state index is 0.325. The van der Waals surface area contributed by atoms with E-state index in [9.17, 15) is 14.0 Å². The van der Waals surface area contributed by atoms with Crippen molar-refractivity contribution in [2.24, 2.45) is 0 Å². The van der Waals surface area contributed by atoms with Gasteiger partial charge in [0.1, 0.15) is 11.4 Å². The maximum absolute atomic E-state index is 14.1. The van der Waals surface area contributed by atoms with Crippen molar-refractivity contribution in [3.63, 3.8) is 0 Å². The van der Waals surface area contributed by atoms with Gasteiger partial charge in [-0.3, -0.25) is 4.79 Å². The Morgan fingerprint density at radius 3 is 1.84 bits per heavy atom. The van der Waals surface area contributed by atoms with Crippen molar-refractivity contribution in [3.8, 4) is 11.1 Å². The average Bonchev–Trinajstić information content (AvgIpc) is 2.72. The Balaban J connectivity index is 1.69. The molecule has 3 rings (SSSR count). The van der Waals surface area contributed by atoms with Gasteiger partial charge in [0, 0.05) is 25.3 Å². The largest absolute Gasteiger partial charge is 0.456 e. The van der Waals surface area contributed by atoms with Gasteiger partial charge in [-0.15, -0.1) is 0 Å². The van der Waals surface area contributed by atoms with E-state index in [1.165, 1.54) is 6.07 Å². The van der Waals surface area contributed by atoms with Crippen LogP contribution in [-0.2, 0) is 4.74 Å². The molecular formula is C26H27FN2O3. The number of rotatable bonds is 5. The van der Waals surface area contributed by atoms with Crippen LogP contribution in [0.25, 0.3) is 11.1 Å². The molecule has 166 valence electrons. The lowest BCUT2D eigenvalue weighted by molar-refractivity contribution is 0.00694. The van der Waals surface area contributed by atoms with Crippen LogP contribution in [0.4, 0.5) is 15.8 Å². The first kappa shape index (κ1) is 23.0. The summed E-state index contributed by atoms with van der Waals surface area (Å²) in [5, 5.41) is 2.71. The zero-order valence-electron chi connectivity index (χ0n) is 18.9. The van der Waals surface area contributed by atoms with Crippen LogP contribution in [0.2, 0.25) is 0 Å². The second-order valence-electron chi connectivity index (χ2n) is 8.67. The van der Waals surface area contributed by atoms with Gasteiger partial charge in [-0.2, -0.15) is 0 Å². The molecule has 0 spiro atoms. The van der Waals surface area contributed by atoms with E-state index in [0.717, 1.165) is 11.1 Å². The van der Waals surface area contributed by atoms with Crippen LogP contribution in [-0.4, -0.2) is 31.6 Å². The lowest BCUT2D eigenvalue weighted by atomic mass is 10.0. The molecule has 0 fully saturated rings. The molecule has 5 nitrogen and oxygen atoms in total. The fraction of sp³-hybridized carbons (Fsp3) is 0.231. The highest BCUT2D eigenvalue weighted by Crippen LogP contribution is 2.24. The Hall–Kier alpha value is -3.67. The SMILES string of the molecule is CN(C)c1ccc(NC(=O)c2ccc(-c3ccc(C(=O)OC(C)(C)C)cc3)cc2)cc1F. The Morgan fingerprint density at radius 2 is 1.38 bits per heavy atom. The molecule has 0 atom stereocenters. The van der Waals surface area contributed by atoms with Gasteiger partial charge >= 0.3 is 5.97 Å². The van der Waals surface area contributed by atoms with Gasteiger partial charge in [0.25, 0.3) is 5.91 Å². The van der Waals surface area contributed by atoms with E-state index in [2.05, 4.69) is 5.32 Å². The number of carbonyl (C=O) groups excluding carboxylic acids is 2. The smallest absolute Gasteiger partial charge is 0.338 e. The van der Waals surface area contributed by atoms with E-state index in [-0.39, 0.29) is 11.9 Å². The van der Waals surface area contributed by atoms with E-state index >= 15 is 0 Å². The third kappa shape index (κ3) is 5.72. The molecule has 0 aliphatic carbocycles. The third-order valence-electron chi connectivity index (χ3n) is 4.69. The van der Waals surface area contributed by atoms with Crippen molar-refractivity contribution >= 4 is 23.3 Å². The molecule has 3 aromatic carbocycles. The van der Waals surface area contributed by atoms with Gasteiger partial charge in [0.2, 0.25) is 0 Å². The third-order valence-corrected chi connectivity index (χ3v) is 4.69. The second kappa shape index (κ2) is 9.22. The van der Waals surface area contributed by atoms with Crippen molar-refractivity contribution in [3.05, 3.63) is 83.7 Å². The number of carbonyl (C=O) groups is 2. The summed E-state index contributed by atoms with van der Waals surface area (Å²) in [4.78, 5) is 26.4. The monoisotopic (exact) mass is 434 g/mol. The van der Waals surface area contributed by atoms with Gasteiger partial charge in [-0.1, -0.05) is 24.3 Å². The van der Waals surface area contributed by atoms with Crippen LogP contribution in [0.1, 0.15) is 41.5 Å². The van der Waals surface area contributed by atoms with Crippen LogP contribution >= 0.6 is 0 Å². The minimum Gasteiger partial charge on any atom is -0.456 e. The summed E-state index contributed by atoms with van der Waals surface area (Å²) in [6.07, 6.45) is 0.